The Morgan fingerprint density at radius 1 is 0.806 bits per heavy atom. The van der Waals surface area contributed by atoms with Crippen molar-refractivity contribution in [2.24, 2.45) is 0 Å². The molecule has 7 heteroatoms. The van der Waals surface area contributed by atoms with Crippen LogP contribution < -0.4 is 16.0 Å². The second-order valence-electron chi connectivity index (χ2n) is 7.23. The highest BCUT2D eigenvalue weighted by Crippen LogP contribution is 2.18. The monoisotopic (exact) mass is 451 g/mol. The van der Waals surface area contributed by atoms with E-state index in [1.165, 1.54) is 0 Å². The SMILES string of the molecule is CC(C)c1ccc(C(=O)NC(=S)Nc2cccc(C(=O)Nc3cccc(Cl)c3)c2)cc1. The summed E-state index contributed by atoms with van der Waals surface area (Å²) in [7, 11) is 0. The maximum atomic E-state index is 12.5. The Morgan fingerprint density at radius 2 is 1.45 bits per heavy atom. The molecule has 0 aliphatic heterocycles. The minimum absolute atomic E-state index is 0.144. The maximum absolute atomic E-state index is 12.5. The summed E-state index contributed by atoms with van der Waals surface area (Å²) >= 11 is 11.2. The number of rotatable bonds is 5. The zero-order valence-electron chi connectivity index (χ0n) is 17.1. The van der Waals surface area contributed by atoms with Crippen LogP contribution in [0, 0.1) is 0 Å². The summed E-state index contributed by atoms with van der Waals surface area (Å²) in [6.07, 6.45) is 0. The molecule has 5 nitrogen and oxygen atoms in total. The van der Waals surface area contributed by atoms with Crippen molar-refractivity contribution in [3.63, 3.8) is 0 Å². The van der Waals surface area contributed by atoms with E-state index in [2.05, 4.69) is 29.8 Å². The van der Waals surface area contributed by atoms with Crippen LogP contribution in [0.5, 0.6) is 0 Å². The van der Waals surface area contributed by atoms with Gasteiger partial charge in [0.2, 0.25) is 0 Å². The van der Waals surface area contributed by atoms with Crippen molar-refractivity contribution < 1.29 is 9.59 Å². The number of carbonyl (C=O) groups is 2. The predicted molar refractivity (Wildman–Crippen MR) is 130 cm³/mol. The lowest BCUT2D eigenvalue weighted by atomic mass is 10.0. The summed E-state index contributed by atoms with van der Waals surface area (Å²) in [6.45, 7) is 4.19. The molecule has 3 aromatic carbocycles. The fraction of sp³-hybridized carbons (Fsp3) is 0.125. The van der Waals surface area contributed by atoms with Crippen LogP contribution in [0.4, 0.5) is 11.4 Å². The van der Waals surface area contributed by atoms with Gasteiger partial charge in [-0.1, -0.05) is 49.7 Å². The third-order valence-electron chi connectivity index (χ3n) is 4.53. The van der Waals surface area contributed by atoms with Crippen LogP contribution in [0.25, 0.3) is 0 Å². The molecule has 0 aliphatic rings. The second-order valence-corrected chi connectivity index (χ2v) is 8.07. The molecule has 0 saturated heterocycles. The average molecular weight is 452 g/mol. The largest absolute Gasteiger partial charge is 0.332 e. The molecule has 3 N–H and O–H groups in total. The summed E-state index contributed by atoms with van der Waals surface area (Å²) in [5, 5.41) is 9.06. The Balaban J connectivity index is 1.61. The highest BCUT2D eigenvalue weighted by Gasteiger charge is 2.11. The van der Waals surface area contributed by atoms with Gasteiger partial charge in [0.1, 0.15) is 0 Å². The molecule has 3 rings (SSSR count). The van der Waals surface area contributed by atoms with E-state index < -0.39 is 0 Å². The summed E-state index contributed by atoms with van der Waals surface area (Å²) in [4.78, 5) is 24.9. The third kappa shape index (κ3) is 6.38. The lowest BCUT2D eigenvalue weighted by Gasteiger charge is -2.12. The quantitative estimate of drug-likeness (QED) is 0.426. The van der Waals surface area contributed by atoms with E-state index in [0.717, 1.165) is 5.56 Å². The van der Waals surface area contributed by atoms with Gasteiger partial charge >= 0.3 is 0 Å². The number of carbonyl (C=O) groups excluding carboxylic acids is 2. The van der Waals surface area contributed by atoms with Crippen LogP contribution in [0.3, 0.4) is 0 Å². The van der Waals surface area contributed by atoms with E-state index in [4.69, 9.17) is 23.8 Å². The van der Waals surface area contributed by atoms with Crippen molar-refractivity contribution in [3.8, 4) is 0 Å². The number of hydrogen-bond donors (Lipinski definition) is 3. The Kier molecular flexibility index (Phi) is 7.39. The first-order chi connectivity index (χ1) is 14.8. The smallest absolute Gasteiger partial charge is 0.257 e. The molecular formula is C24H22ClN3O2S. The molecular weight excluding hydrogens is 430 g/mol. The molecule has 3 aromatic rings. The fourth-order valence-corrected chi connectivity index (χ4v) is 3.27. The van der Waals surface area contributed by atoms with Crippen molar-refractivity contribution in [1.29, 1.82) is 0 Å². The van der Waals surface area contributed by atoms with Crippen LogP contribution in [0.2, 0.25) is 5.02 Å². The number of hydrogen-bond acceptors (Lipinski definition) is 3. The van der Waals surface area contributed by atoms with Crippen LogP contribution in [-0.4, -0.2) is 16.9 Å². The van der Waals surface area contributed by atoms with Crippen molar-refractivity contribution in [2.45, 2.75) is 19.8 Å². The summed E-state index contributed by atoms with van der Waals surface area (Å²) in [5.74, 6) is -0.197. The van der Waals surface area contributed by atoms with Crippen molar-refractivity contribution in [3.05, 3.63) is 94.5 Å². The van der Waals surface area contributed by atoms with Gasteiger partial charge in [0.25, 0.3) is 11.8 Å². The number of nitrogens with one attached hydrogen (secondary N) is 3. The highest BCUT2D eigenvalue weighted by molar-refractivity contribution is 7.80. The predicted octanol–water partition coefficient (Wildman–Crippen LogP) is 5.84. The number of thiocarbonyl (C=S) groups is 1. The van der Waals surface area contributed by atoms with E-state index in [1.807, 2.05) is 12.1 Å². The van der Waals surface area contributed by atoms with Crippen LogP contribution >= 0.6 is 23.8 Å². The standard InChI is InChI=1S/C24H22ClN3O2S/c1-15(2)16-9-11-17(12-10-16)22(29)28-24(31)27-20-7-3-5-18(13-20)23(30)26-21-8-4-6-19(25)14-21/h3-15H,1-2H3,(H,26,30)(H2,27,28,29,31). The normalized spacial score (nSPS) is 10.5. The van der Waals surface area contributed by atoms with E-state index in [1.54, 1.807) is 60.7 Å². The lowest BCUT2D eigenvalue weighted by Crippen LogP contribution is -2.34. The van der Waals surface area contributed by atoms with Gasteiger partial charge in [-0.3, -0.25) is 14.9 Å². The van der Waals surface area contributed by atoms with Gasteiger partial charge in [0.15, 0.2) is 5.11 Å². The zero-order chi connectivity index (χ0) is 22.4. The topological polar surface area (TPSA) is 70.2 Å². The summed E-state index contributed by atoms with van der Waals surface area (Å²) < 4.78 is 0. The van der Waals surface area contributed by atoms with Gasteiger partial charge in [-0.2, -0.15) is 0 Å². The average Bonchev–Trinajstić information content (AvgIpc) is 2.74. The Bertz CT molecular complexity index is 1110. The molecule has 0 aromatic heterocycles. The first-order valence-electron chi connectivity index (χ1n) is 9.71. The molecule has 0 spiro atoms. The van der Waals surface area contributed by atoms with Gasteiger partial charge in [0.05, 0.1) is 0 Å². The molecule has 0 bridgehead atoms. The molecule has 158 valence electrons. The number of halogens is 1. The minimum atomic E-state index is -0.303. The first kappa shape index (κ1) is 22.5. The number of benzene rings is 3. The molecule has 31 heavy (non-hydrogen) atoms. The van der Waals surface area contributed by atoms with Crippen molar-refractivity contribution in [1.82, 2.24) is 5.32 Å². The number of anilines is 2. The van der Waals surface area contributed by atoms with Crippen LogP contribution in [0.15, 0.2) is 72.8 Å². The zero-order valence-corrected chi connectivity index (χ0v) is 18.7. The molecule has 0 heterocycles. The first-order valence-corrected chi connectivity index (χ1v) is 10.5. The fourth-order valence-electron chi connectivity index (χ4n) is 2.86. The van der Waals surface area contributed by atoms with Gasteiger partial charge in [-0.05, 0) is 72.2 Å². The van der Waals surface area contributed by atoms with Gasteiger partial charge in [-0.15, -0.1) is 0 Å². The van der Waals surface area contributed by atoms with Crippen molar-refractivity contribution >= 4 is 52.1 Å². The lowest BCUT2D eigenvalue weighted by molar-refractivity contribution is 0.0976. The van der Waals surface area contributed by atoms with E-state index in [9.17, 15) is 9.59 Å². The van der Waals surface area contributed by atoms with E-state index in [-0.39, 0.29) is 16.9 Å². The Hall–Kier alpha value is -3.22. The molecule has 0 saturated carbocycles. The second kappa shape index (κ2) is 10.2. The molecule has 2 amide bonds. The minimum Gasteiger partial charge on any atom is -0.332 e. The van der Waals surface area contributed by atoms with Gasteiger partial charge in [-0.25, -0.2) is 0 Å². The molecule has 0 atom stereocenters. The Labute approximate surface area is 191 Å². The summed E-state index contributed by atoms with van der Waals surface area (Å²) in [5.41, 5.74) is 3.29. The van der Waals surface area contributed by atoms with Crippen LogP contribution in [0.1, 0.15) is 46.0 Å². The van der Waals surface area contributed by atoms with Gasteiger partial charge in [0, 0.05) is 27.5 Å². The molecule has 0 fully saturated rings. The Morgan fingerprint density at radius 3 is 2.10 bits per heavy atom. The van der Waals surface area contributed by atoms with E-state index in [0.29, 0.717) is 33.4 Å². The van der Waals surface area contributed by atoms with Crippen molar-refractivity contribution in [2.75, 3.05) is 10.6 Å². The van der Waals surface area contributed by atoms with Gasteiger partial charge < -0.3 is 10.6 Å². The molecule has 0 radical (unpaired) electrons. The maximum Gasteiger partial charge on any atom is 0.257 e. The highest BCUT2D eigenvalue weighted by atomic mass is 35.5. The molecule has 0 unspecified atom stereocenters. The summed E-state index contributed by atoms with van der Waals surface area (Å²) in [6, 6.07) is 21.1. The third-order valence-corrected chi connectivity index (χ3v) is 4.97. The van der Waals surface area contributed by atoms with Crippen LogP contribution in [-0.2, 0) is 0 Å². The number of amides is 2. The van der Waals surface area contributed by atoms with E-state index >= 15 is 0 Å². The molecule has 0 aliphatic carbocycles.